The van der Waals surface area contributed by atoms with Crippen molar-refractivity contribution in [1.82, 2.24) is 5.32 Å². The van der Waals surface area contributed by atoms with Crippen LogP contribution in [0.4, 0.5) is 0 Å². The number of hydrogen-bond donors (Lipinski definition) is 2. The van der Waals surface area contributed by atoms with Gasteiger partial charge in [0.25, 0.3) is 0 Å². The summed E-state index contributed by atoms with van der Waals surface area (Å²) in [6.07, 6.45) is 5.87. The highest BCUT2D eigenvalue weighted by Gasteiger charge is 2.21. The number of aliphatic hydroxyl groups excluding tert-OH is 1. The van der Waals surface area contributed by atoms with E-state index in [1.807, 2.05) is 0 Å². The maximum atomic E-state index is 8.98. The molecule has 0 aromatic heterocycles. The molecule has 0 bridgehead atoms. The average molecular weight is 215 g/mol. The van der Waals surface area contributed by atoms with Crippen molar-refractivity contribution in [2.24, 2.45) is 0 Å². The number of rotatable bonds is 7. The minimum atomic E-state index is 0.0906. The molecule has 0 aromatic rings. The minimum Gasteiger partial charge on any atom is -0.396 e. The first-order valence-electron chi connectivity index (χ1n) is 6.17. The van der Waals surface area contributed by atoms with E-state index in [1.165, 1.54) is 12.8 Å². The Morgan fingerprint density at radius 1 is 1.53 bits per heavy atom. The molecule has 0 radical (unpaired) electrons. The van der Waals surface area contributed by atoms with Crippen LogP contribution in [0.5, 0.6) is 0 Å². The van der Waals surface area contributed by atoms with Gasteiger partial charge in [-0.3, -0.25) is 0 Å². The predicted octanol–water partition coefficient (Wildman–Crippen LogP) is 1.70. The molecule has 1 aliphatic heterocycles. The fraction of sp³-hybridized carbons (Fsp3) is 1.00. The SMILES string of the molecule is CCC(C)(CCO)NCCC1CCCO1. The molecular weight excluding hydrogens is 190 g/mol. The lowest BCUT2D eigenvalue weighted by Gasteiger charge is -2.29. The summed E-state index contributed by atoms with van der Waals surface area (Å²) in [6.45, 7) is 6.53. The molecule has 3 nitrogen and oxygen atoms in total. The largest absolute Gasteiger partial charge is 0.396 e. The second kappa shape index (κ2) is 6.46. The van der Waals surface area contributed by atoms with Crippen LogP contribution in [0, 0.1) is 0 Å². The quantitative estimate of drug-likeness (QED) is 0.679. The molecule has 3 heteroatoms. The summed E-state index contributed by atoms with van der Waals surface area (Å²) in [6, 6.07) is 0. The van der Waals surface area contributed by atoms with Crippen LogP contribution in [-0.2, 0) is 4.74 Å². The highest BCUT2D eigenvalue weighted by Crippen LogP contribution is 2.17. The Balaban J connectivity index is 2.15. The Morgan fingerprint density at radius 2 is 2.33 bits per heavy atom. The van der Waals surface area contributed by atoms with Gasteiger partial charge in [0.05, 0.1) is 6.10 Å². The van der Waals surface area contributed by atoms with Gasteiger partial charge in [-0.05, 0) is 45.6 Å². The maximum Gasteiger partial charge on any atom is 0.0588 e. The van der Waals surface area contributed by atoms with Crippen molar-refractivity contribution in [3.05, 3.63) is 0 Å². The lowest BCUT2D eigenvalue weighted by atomic mass is 9.94. The molecule has 2 unspecified atom stereocenters. The second-order valence-corrected chi connectivity index (χ2v) is 4.74. The average Bonchev–Trinajstić information content (AvgIpc) is 2.71. The van der Waals surface area contributed by atoms with Crippen molar-refractivity contribution in [3.63, 3.8) is 0 Å². The molecule has 2 N–H and O–H groups in total. The highest BCUT2D eigenvalue weighted by molar-refractivity contribution is 4.81. The Morgan fingerprint density at radius 3 is 2.87 bits per heavy atom. The molecule has 0 aliphatic carbocycles. The van der Waals surface area contributed by atoms with Gasteiger partial charge in [0, 0.05) is 18.8 Å². The Labute approximate surface area is 93.2 Å². The molecule has 1 saturated heterocycles. The van der Waals surface area contributed by atoms with Crippen LogP contribution >= 0.6 is 0 Å². The first-order chi connectivity index (χ1) is 7.20. The highest BCUT2D eigenvalue weighted by atomic mass is 16.5. The lowest BCUT2D eigenvalue weighted by molar-refractivity contribution is 0.101. The van der Waals surface area contributed by atoms with Crippen molar-refractivity contribution in [2.75, 3.05) is 19.8 Å². The first-order valence-corrected chi connectivity index (χ1v) is 6.17. The first kappa shape index (κ1) is 12.9. The molecule has 15 heavy (non-hydrogen) atoms. The van der Waals surface area contributed by atoms with Crippen LogP contribution in [-0.4, -0.2) is 36.5 Å². The molecule has 0 aromatic carbocycles. The van der Waals surface area contributed by atoms with Crippen molar-refractivity contribution < 1.29 is 9.84 Å². The predicted molar refractivity (Wildman–Crippen MR) is 62.0 cm³/mol. The summed E-state index contributed by atoms with van der Waals surface area (Å²) < 4.78 is 5.57. The number of nitrogens with one attached hydrogen (secondary N) is 1. The second-order valence-electron chi connectivity index (χ2n) is 4.74. The van der Waals surface area contributed by atoms with Crippen molar-refractivity contribution in [2.45, 2.75) is 57.6 Å². The molecule has 0 spiro atoms. The van der Waals surface area contributed by atoms with Gasteiger partial charge in [0.1, 0.15) is 0 Å². The van der Waals surface area contributed by atoms with Gasteiger partial charge in [0.15, 0.2) is 0 Å². The van der Waals surface area contributed by atoms with Gasteiger partial charge in [-0.2, -0.15) is 0 Å². The van der Waals surface area contributed by atoms with Crippen LogP contribution < -0.4 is 5.32 Å². The van der Waals surface area contributed by atoms with E-state index in [0.29, 0.717) is 6.10 Å². The van der Waals surface area contributed by atoms with Gasteiger partial charge >= 0.3 is 0 Å². The van der Waals surface area contributed by atoms with Gasteiger partial charge < -0.3 is 15.2 Å². The summed E-state index contributed by atoms with van der Waals surface area (Å²) in [5.74, 6) is 0. The van der Waals surface area contributed by atoms with Crippen LogP contribution in [0.1, 0.15) is 46.0 Å². The van der Waals surface area contributed by atoms with Gasteiger partial charge in [-0.1, -0.05) is 6.92 Å². The molecule has 1 aliphatic rings. The zero-order valence-corrected chi connectivity index (χ0v) is 10.1. The van der Waals surface area contributed by atoms with Crippen LogP contribution in [0.15, 0.2) is 0 Å². The molecule has 2 atom stereocenters. The third-order valence-corrected chi connectivity index (χ3v) is 3.49. The van der Waals surface area contributed by atoms with E-state index in [4.69, 9.17) is 9.84 Å². The third kappa shape index (κ3) is 4.49. The summed E-state index contributed by atoms with van der Waals surface area (Å²) in [5.41, 5.74) is 0.0906. The molecular formula is C12H25NO2. The van der Waals surface area contributed by atoms with Gasteiger partial charge in [-0.25, -0.2) is 0 Å². The van der Waals surface area contributed by atoms with E-state index in [2.05, 4.69) is 19.2 Å². The van der Waals surface area contributed by atoms with Gasteiger partial charge in [-0.15, -0.1) is 0 Å². The number of aliphatic hydroxyl groups is 1. The molecule has 0 amide bonds. The number of hydrogen-bond acceptors (Lipinski definition) is 3. The maximum absolute atomic E-state index is 8.98. The monoisotopic (exact) mass is 215 g/mol. The Kier molecular flexibility index (Phi) is 5.58. The summed E-state index contributed by atoms with van der Waals surface area (Å²) >= 11 is 0. The lowest BCUT2D eigenvalue weighted by Crippen LogP contribution is -2.43. The smallest absolute Gasteiger partial charge is 0.0588 e. The van der Waals surface area contributed by atoms with E-state index >= 15 is 0 Å². The topological polar surface area (TPSA) is 41.5 Å². The van der Waals surface area contributed by atoms with Crippen LogP contribution in [0.2, 0.25) is 0 Å². The zero-order chi connectivity index (χ0) is 11.1. The van der Waals surface area contributed by atoms with Crippen LogP contribution in [0.25, 0.3) is 0 Å². The molecule has 1 heterocycles. The minimum absolute atomic E-state index is 0.0906. The number of ether oxygens (including phenoxy) is 1. The Hall–Kier alpha value is -0.120. The van der Waals surface area contributed by atoms with E-state index < -0.39 is 0 Å². The summed E-state index contributed by atoms with van der Waals surface area (Å²) in [5, 5.41) is 12.5. The van der Waals surface area contributed by atoms with Crippen molar-refractivity contribution in [3.8, 4) is 0 Å². The molecule has 1 fully saturated rings. The van der Waals surface area contributed by atoms with E-state index in [-0.39, 0.29) is 12.1 Å². The summed E-state index contributed by atoms with van der Waals surface area (Å²) in [7, 11) is 0. The van der Waals surface area contributed by atoms with Crippen LogP contribution in [0.3, 0.4) is 0 Å². The third-order valence-electron chi connectivity index (χ3n) is 3.49. The van der Waals surface area contributed by atoms with E-state index in [9.17, 15) is 0 Å². The molecule has 1 rings (SSSR count). The van der Waals surface area contributed by atoms with Crippen molar-refractivity contribution >= 4 is 0 Å². The molecule has 90 valence electrons. The fourth-order valence-electron chi connectivity index (χ4n) is 2.04. The fourth-order valence-corrected chi connectivity index (χ4v) is 2.04. The van der Waals surface area contributed by atoms with Gasteiger partial charge in [0.2, 0.25) is 0 Å². The Bertz CT molecular complexity index is 169. The molecule has 0 saturated carbocycles. The zero-order valence-electron chi connectivity index (χ0n) is 10.1. The van der Waals surface area contributed by atoms with E-state index in [0.717, 1.165) is 32.4 Å². The normalized spacial score (nSPS) is 25.4. The summed E-state index contributed by atoms with van der Waals surface area (Å²) in [4.78, 5) is 0. The van der Waals surface area contributed by atoms with E-state index in [1.54, 1.807) is 0 Å². The standard InChI is InChI=1S/C12H25NO2/c1-3-12(2,7-9-14)13-8-6-11-5-4-10-15-11/h11,13-14H,3-10H2,1-2H3. The van der Waals surface area contributed by atoms with Crippen molar-refractivity contribution in [1.29, 1.82) is 0 Å².